The van der Waals surface area contributed by atoms with E-state index in [4.69, 9.17) is 0 Å². The SMILES string of the molecule is O=C(Nc1ccc(Br)cc1)/C(=C/c1ccncc1)NC(=O)c1ccccc1. The molecule has 0 saturated heterocycles. The molecule has 2 amide bonds. The molecule has 1 heterocycles. The molecule has 0 bridgehead atoms. The lowest BCUT2D eigenvalue weighted by atomic mass is 10.2. The highest BCUT2D eigenvalue weighted by Gasteiger charge is 2.15. The molecule has 134 valence electrons. The Hall–Kier alpha value is -3.25. The van der Waals surface area contributed by atoms with Gasteiger partial charge in [-0.05, 0) is 60.2 Å². The first-order valence-electron chi connectivity index (χ1n) is 8.17. The van der Waals surface area contributed by atoms with Gasteiger partial charge in [-0.15, -0.1) is 0 Å². The van der Waals surface area contributed by atoms with E-state index in [2.05, 4.69) is 31.5 Å². The van der Waals surface area contributed by atoms with Crippen LogP contribution in [-0.4, -0.2) is 16.8 Å². The summed E-state index contributed by atoms with van der Waals surface area (Å²) in [6.45, 7) is 0. The van der Waals surface area contributed by atoms with Crippen LogP contribution in [0.5, 0.6) is 0 Å². The highest BCUT2D eigenvalue weighted by Crippen LogP contribution is 2.15. The van der Waals surface area contributed by atoms with Gasteiger partial charge in [0.15, 0.2) is 0 Å². The van der Waals surface area contributed by atoms with Crippen LogP contribution in [0.4, 0.5) is 5.69 Å². The van der Waals surface area contributed by atoms with Crippen molar-refractivity contribution in [1.82, 2.24) is 10.3 Å². The molecular weight excluding hydrogens is 406 g/mol. The Balaban J connectivity index is 1.85. The molecule has 1 aromatic heterocycles. The van der Waals surface area contributed by atoms with Crippen molar-refractivity contribution in [3.63, 3.8) is 0 Å². The van der Waals surface area contributed by atoms with E-state index in [1.165, 1.54) is 0 Å². The van der Waals surface area contributed by atoms with Gasteiger partial charge in [0, 0.05) is 28.1 Å². The van der Waals surface area contributed by atoms with E-state index < -0.39 is 5.91 Å². The number of aromatic nitrogens is 1. The van der Waals surface area contributed by atoms with Gasteiger partial charge in [-0.1, -0.05) is 34.1 Å². The summed E-state index contributed by atoms with van der Waals surface area (Å²) in [5, 5.41) is 5.48. The van der Waals surface area contributed by atoms with Gasteiger partial charge in [0.25, 0.3) is 11.8 Å². The van der Waals surface area contributed by atoms with Crippen molar-refractivity contribution in [2.75, 3.05) is 5.32 Å². The van der Waals surface area contributed by atoms with Crippen LogP contribution in [-0.2, 0) is 4.79 Å². The Morgan fingerprint density at radius 3 is 2.22 bits per heavy atom. The zero-order chi connectivity index (χ0) is 19.1. The molecule has 0 unspecified atom stereocenters. The first-order valence-corrected chi connectivity index (χ1v) is 8.96. The van der Waals surface area contributed by atoms with E-state index >= 15 is 0 Å². The topological polar surface area (TPSA) is 71.1 Å². The number of halogens is 1. The Morgan fingerprint density at radius 2 is 1.56 bits per heavy atom. The van der Waals surface area contributed by atoms with Gasteiger partial charge in [0.1, 0.15) is 5.70 Å². The molecule has 2 aromatic carbocycles. The van der Waals surface area contributed by atoms with E-state index in [0.29, 0.717) is 11.3 Å². The Labute approximate surface area is 165 Å². The predicted octanol–water partition coefficient (Wildman–Crippen LogP) is 4.25. The number of carbonyl (C=O) groups excluding carboxylic acids is 2. The van der Waals surface area contributed by atoms with Gasteiger partial charge in [0.05, 0.1) is 0 Å². The van der Waals surface area contributed by atoms with E-state index in [-0.39, 0.29) is 11.6 Å². The van der Waals surface area contributed by atoms with Crippen LogP contribution in [0.15, 0.2) is 89.3 Å². The average Bonchev–Trinajstić information content (AvgIpc) is 2.70. The first-order chi connectivity index (χ1) is 13.1. The molecule has 2 N–H and O–H groups in total. The molecule has 3 rings (SSSR count). The van der Waals surface area contributed by atoms with Crippen LogP contribution in [0.25, 0.3) is 6.08 Å². The number of rotatable bonds is 5. The number of pyridine rings is 1. The van der Waals surface area contributed by atoms with Gasteiger partial charge in [-0.3, -0.25) is 14.6 Å². The van der Waals surface area contributed by atoms with Crippen LogP contribution in [0.2, 0.25) is 0 Å². The average molecular weight is 422 g/mol. The van der Waals surface area contributed by atoms with Crippen LogP contribution >= 0.6 is 15.9 Å². The standard InChI is InChI=1S/C21H16BrN3O2/c22-17-6-8-18(9-7-17)24-21(27)19(14-15-10-12-23-13-11-15)25-20(26)16-4-2-1-3-5-16/h1-14H,(H,24,27)(H,25,26)/b19-14-. The summed E-state index contributed by atoms with van der Waals surface area (Å²) in [4.78, 5) is 29.2. The molecule has 0 aliphatic heterocycles. The molecule has 0 aliphatic carbocycles. The second-order valence-electron chi connectivity index (χ2n) is 5.62. The largest absolute Gasteiger partial charge is 0.321 e. The zero-order valence-corrected chi connectivity index (χ0v) is 15.8. The van der Waals surface area contributed by atoms with Gasteiger partial charge in [-0.2, -0.15) is 0 Å². The summed E-state index contributed by atoms with van der Waals surface area (Å²) >= 11 is 3.36. The van der Waals surface area contributed by atoms with Crippen LogP contribution in [0.1, 0.15) is 15.9 Å². The second-order valence-corrected chi connectivity index (χ2v) is 6.54. The minimum atomic E-state index is -0.418. The second kappa shape index (κ2) is 8.91. The summed E-state index contributed by atoms with van der Waals surface area (Å²) in [6.07, 6.45) is 4.85. The van der Waals surface area contributed by atoms with Crippen molar-refractivity contribution in [2.24, 2.45) is 0 Å². The monoisotopic (exact) mass is 421 g/mol. The van der Waals surface area contributed by atoms with Gasteiger partial charge in [0.2, 0.25) is 0 Å². The number of amides is 2. The van der Waals surface area contributed by atoms with Crippen molar-refractivity contribution in [3.8, 4) is 0 Å². The van der Waals surface area contributed by atoms with Gasteiger partial charge >= 0.3 is 0 Å². The van der Waals surface area contributed by atoms with Crippen molar-refractivity contribution < 1.29 is 9.59 Å². The highest BCUT2D eigenvalue weighted by atomic mass is 79.9. The molecule has 0 saturated carbocycles. The molecule has 6 heteroatoms. The Morgan fingerprint density at radius 1 is 0.889 bits per heavy atom. The fourth-order valence-electron chi connectivity index (χ4n) is 2.30. The number of hydrogen-bond acceptors (Lipinski definition) is 3. The molecule has 0 atom stereocenters. The van der Waals surface area contributed by atoms with E-state index in [1.807, 2.05) is 18.2 Å². The predicted molar refractivity (Wildman–Crippen MR) is 109 cm³/mol. The van der Waals surface area contributed by atoms with Gasteiger partial charge < -0.3 is 10.6 Å². The first kappa shape index (κ1) is 18.5. The quantitative estimate of drug-likeness (QED) is 0.604. The zero-order valence-electron chi connectivity index (χ0n) is 14.2. The number of anilines is 1. The number of benzene rings is 2. The van der Waals surface area contributed by atoms with Crippen LogP contribution in [0.3, 0.4) is 0 Å². The smallest absolute Gasteiger partial charge is 0.272 e. The Kier molecular flexibility index (Phi) is 6.12. The normalized spacial score (nSPS) is 10.9. The van der Waals surface area contributed by atoms with E-state index in [9.17, 15) is 9.59 Å². The molecule has 3 aromatic rings. The van der Waals surface area contributed by atoms with Crippen molar-refractivity contribution in [2.45, 2.75) is 0 Å². The third-order valence-electron chi connectivity index (χ3n) is 3.65. The van der Waals surface area contributed by atoms with Crippen LogP contribution < -0.4 is 10.6 Å². The lowest BCUT2D eigenvalue weighted by Gasteiger charge is -2.11. The third-order valence-corrected chi connectivity index (χ3v) is 4.18. The molecule has 5 nitrogen and oxygen atoms in total. The minimum Gasteiger partial charge on any atom is -0.321 e. The maximum Gasteiger partial charge on any atom is 0.272 e. The summed E-state index contributed by atoms with van der Waals surface area (Å²) in [5.41, 5.74) is 1.98. The molecule has 0 radical (unpaired) electrons. The van der Waals surface area contributed by atoms with Crippen molar-refractivity contribution >= 4 is 39.5 Å². The third kappa shape index (κ3) is 5.36. The van der Waals surface area contributed by atoms with Crippen molar-refractivity contribution in [1.29, 1.82) is 0 Å². The number of nitrogens with zero attached hydrogens (tertiary/aromatic N) is 1. The maximum absolute atomic E-state index is 12.7. The van der Waals surface area contributed by atoms with Crippen molar-refractivity contribution in [3.05, 3.63) is 100 Å². The maximum atomic E-state index is 12.7. The fourth-order valence-corrected chi connectivity index (χ4v) is 2.56. The fraction of sp³-hybridized carbons (Fsp3) is 0. The number of hydrogen-bond donors (Lipinski definition) is 2. The molecule has 0 spiro atoms. The number of nitrogens with one attached hydrogen (secondary N) is 2. The summed E-state index contributed by atoms with van der Waals surface area (Å²) < 4.78 is 0.908. The van der Waals surface area contributed by atoms with Gasteiger partial charge in [-0.25, -0.2) is 0 Å². The Bertz CT molecular complexity index is 956. The van der Waals surface area contributed by atoms with Crippen LogP contribution in [0, 0.1) is 0 Å². The lowest BCUT2D eigenvalue weighted by molar-refractivity contribution is -0.113. The lowest BCUT2D eigenvalue weighted by Crippen LogP contribution is -2.30. The minimum absolute atomic E-state index is 0.137. The van der Waals surface area contributed by atoms with E-state index in [1.54, 1.807) is 67.0 Å². The molecular formula is C21H16BrN3O2. The van der Waals surface area contributed by atoms with E-state index in [0.717, 1.165) is 10.0 Å². The molecule has 27 heavy (non-hydrogen) atoms. The summed E-state index contributed by atoms with van der Waals surface area (Å²) in [6, 6.07) is 19.4. The summed E-state index contributed by atoms with van der Waals surface area (Å²) in [7, 11) is 0. The number of carbonyl (C=O) groups is 2. The summed E-state index contributed by atoms with van der Waals surface area (Å²) in [5.74, 6) is -0.778. The molecule has 0 aliphatic rings. The molecule has 0 fully saturated rings. The highest BCUT2D eigenvalue weighted by molar-refractivity contribution is 9.10.